The lowest BCUT2D eigenvalue weighted by Gasteiger charge is -2.40. The second-order valence-electron chi connectivity index (χ2n) is 5.85. The van der Waals surface area contributed by atoms with E-state index in [0.717, 1.165) is 25.8 Å². The van der Waals surface area contributed by atoms with Crippen LogP contribution < -0.4 is 5.32 Å². The monoisotopic (exact) mass is 269 g/mol. The van der Waals surface area contributed by atoms with Crippen LogP contribution in [0.15, 0.2) is 0 Å². The molecule has 1 saturated carbocycles. The molecule has 1 aliphatic heterocycles. The fourth-order valence-electron chi connectivity index (χ4n) is 2.69. The van der Waals surface area contributed by atoms with Gasteiger partial charge >= 0.3 is 12.0 Å². The van der Waals surface area contributed by atoms with E-state index in [-0.39, 0.29) is 18.1 Å². The average Bonchev–Trinajstić information content (AvgIpc) is 2.52. The van der Waals surface area contributed by atoms with Gasteiger partial charge in [-0.1, -0.05) is 0 Å². The molecule has 0 aromatic carbocycles. The number of nitrogens with one attached hydrogen (secondary N) is 1. The van der Waals surface area contributed by atoms with Crippen molar-refractivity contribution in [1.82, 2.24) is 15.1 Å². The van der Waals surface area contributed by atoms with Gasteiger partial charge in [0.25, 0.3) is 0 Å². The number of urea groups is 1. The summed E-state index contributed by atoms with van der Waals surface area (Å²) in [6, 6.07) is -0.000579. The molecule has 108 valence electrons. The molecule has 6 heteroatoms. The van der Waals surface area contributed by atoms with Gasteiger partial charge in [0.1, 0.15) is 0 Å². The van der Waals surface area contributed by atoms with Gasteiger partial charge < -0.3 is 15.3 Å². The molecule has 2 fully saturated rings. The second kappa shape index (κ2) is 5.77. The van der Waals surface area contributed by atoms with Gasteiger partial charge in [-0.25, -0.2) is 4.79 Å². The normalized spacial score (nSPS) is 23.3. The van der Waals surface area contributed by atoms with E-state index in [1.165, 1.54) is 6.42 Å². The third kappa shape index (κ3) is 3.83. The van der Waals surface area contributed by atoms with Crippen LogP contribution in [0.5, 0.6) is 0 Å². The summed E-state index contributed by atoms with van der Waals surface area (Å²) in [7, 11) is 0. The summed E-state index contributed by atoms with van der Waals surface area (Å²) >= 11 is 0. The highest BCUT2D eigenvalue weighted by Gasteiger charge is 2.34. The predicted octanol–water partition coefficient (Wildman–Crippen LogP) is 0.731. The van der Waals surface area contributed by atoms with Gasteiger partial charge in [0.2, 0.25) is 0 Å². The van der Waals surface area contributed by atoms with Crippen LogP contribution in [0.2, 0.25) is 0 Å². The molecule has 2 N–H and O–H groups in total. The fourth-order valence-corrected chi connectivity index (χ4v) is 2.69. The molecule has 0 radical (unpaired) electrons. The van der Waals surface area contributed by atoms with Crippen molar-refractivity contribution in [2.75, 3.05) is 32.7 Å². The molecule has 6 nitrogen and oxygen atoms in total. The predicted molar refractivity (Wildman–Crippen MR) is 71.1 cm³/mol. The first-order valence-electron chi connectivity index (χ1n) is 7.00. The summed E-state index contributed by atoms with van der Waals surface area (Å²) in [4.78, 5) is 26.6. The minimum atomic E-state index is -0.806. The number of hydrogen-bond acceptors (Lipinski definition) is 3. The molecule has 1 aliphatic carbocycles. The fraction of sp³-hybridized carbons (Fsp3) is 0.846. The van der Waals surface area contributed by atoms with Gasteiger partial charge in [-0.15, -0.1) is 0 Å². The minimum Gasteiger partial charge on any atom is -0.480 e. The lowest BCUT2D eigenvalue weighted by atomic mass is 9.79. The number of carboxylic acid groups (broad SMARTS) is 1. The molecule has 1 saturated heterocycles. The third-order valence-corrected chi connectivity index (χ3v) is 4.10. The van der Waals surface area contributed by atoms with E-state index < -0.39 is 5.97 Å². The Morgan fingerprint density at radius 2 is 1.89 bits per heavy atom. The molecule has 0 unspecified atom stereocenters. The van der Waals surface area contributed by atoms with Crippen molar-refractivity contribution in [3.05, 3.63) is 0 Å². The van der Waals surface area contributed by atoms with E-state index in [1.54, 1.807) is 0 Å². The minimum absolute atomic E-state index is 0.000579. The zero-order chi connectivity index (χ0) is 13.9. The van der Waals surface area contributed by atoms with Crippen molar-refractivity contribution in [3.63, 3.8) is 0 Å². The van der Waals surface area contributed by atoms with Gasteiger partial charge in [0.15, 0.2) is 0 Å². The number of carboxylic acids is 1. The smallest absolute Gasteiger partial charge is 0.317 e. The average molecular weight is 269 g/mol. The van der Waals surface area contributed by atoms with Crippen LogP contribution in [0, 0.1) is 0 Å². The second-order valence-corrected chi connectivity index (χ2v) is 5.85. The van der Waals surface area contributed by atoms with E-state index in [1.807, 2.05) is 9.80 Å². The van der Waals surface area contributed by atoms with Crippen LogP contribution in [-0.2, 0) is 4.79 Å². The first kappa shape index (κ1) is 14.1. The van der Waals surface area contributed by atoms with Gasteiger partial charge in [-0.2, -0.15) is 0 Å². The molecule has 0 aromatic heterocycles. The standard InChI is InChI=1S/C13H23N3O3/c1-13(4-2-5-13)14-12(19)16-7-3-6-15(8-9-16)10-11(17)18/h2-10H2,1H3,(H,14,19)(H,17,18). The molecular weight excluding hydrogens is 246 g/mol. The Labute approximate surface area is 113 Å². The Hall–Kier alpha value is -1.30. The van der Waals surface area contributed by atoms with Crippen LogP contribution in [0.25, 0.3) is 0 Å². The lowest BCUT2D eigenvalue weighted by molar-refractivity contribution is -0.138. The van der Waals surface area contributed by atoms with E-state index in [2.05, 4.69) is 12.2 Å². The molecular formula is C13H23N3O3. The lowest BCUT2D eigenvalue weighted by Crippen LogP contribution is -2.55. The topological polar surface area (TPSA) is 72.9 Å². The van der Waals surface area contributed by atoms with Gasteiger partial charge in [0, 0.05) is 31.7 Å². The summed E-state index contributed by atoms with van der Waals surface area (Å²) < 4.78 is 0. The quantitative estimate of drug-likeness (QED) is 0.792. The number of hydrogen-bond donors (Lipinski definition) is 2. The number of nitrogens with zero attached hydrogens (tertiary/aromatic N) is 2. The van der Waals surface area contributed by atoms with E-state index in [9.17, 15) is 9.59 Å². The summed E-state index contributed by atoms with van der Waals surface area (Å²) in [6.07, 6.45) is 4.12. The van der Waals surface area contributed by atoms with Crippen molar-refractivity contribution >= 4 is 12.0 Å². The Bertz CT molecular complexity index is 355. The maximum atomic E-state index is 12.2. The number of rotatable bonds is 3. The van der Waals surface area contributed by atoms with Crippen LogP contribution in [0.4, 0.5) is 4.79 Å². The van der Waals surface area contributed by atoms with Crippen molar-refractivity contribution in [2.24, 2.45) is 0 Å². The molecule has 1 heterocycles. The molecule has 0 bridgehead atoms. The molecule has 2 rings (SSSR count). The van der Waals surface area contributed by atoms with Crippen LogP contribution in [0.3, 0.4) is 0 Å². The maximum absolute atomic E-state index is 12.2. The third-order valence-electron chi connectivity index (χ3n) is 4.10. The van der Waals surface area contributed by atoms with Crippen molar-refractivity contribution in [3.8, 4) is 0 Å². The van der Waals surface area contributed by atoms with E-state index in [4.69, 9.17) is 5.11 Å². The number of amides is 2. The highest BCUT2D eigenvalue weighted by molar-refractivity contribution is 5.75. The highest BCUT2D eigenvalue weighted by atomic mass is 16.4. The zero-order valence-corrected chi connectivity index (χ0v) is 11.5. The molecule has 19 heavy (non-hydrogen) atoms. The van der Waals surface area contributed by atoms with Crippen molar-refractivity contribution < 1.29 is 14.7 Å². The molecule has 2 aliphatic rings. The van der Waals surface area contributed by atoms with Crippen LogP contribution in [0.1, 0.15) is 32.6 Å². The maximum Gasteiger partial charge on any atom is 0.317 e. The molecule has 2 amide bonds. The van der Waals surface area contributed by atoms with Gasteiger partial charge in [-0.3, -0.25) is 9.69 Å². The van der Waals surface area contributed by atoms with Crippen molar-refractivity contribution in [1.29, 1.82) is 0 Å². The summed E-state index contributed by atoms with van der Waals surface area (Å²) in [5, 5.41) is 11.9. The number of aliphatic carboxylic acids is 1. The number of carbonyl (C=O) groups is 2. The van der Waals surface area contributed by atoms with E-state index >= 15 is 0 Å². The van der Waals surface area contributed by atoms with E-state index in [0.29, 0.717) is 19.6 Å². The van der Waals surface area contributed by atoms with Crippen LogP contribution in [-0.4, -0.2) is 65.2 Å². The molecule has 0 atom stereocenters. The Kier molecular flexibility index (Phi) is 4.29. The van der Waals surface area contributed by atoms with Crippen LogP contribution >= 0.6 is 0 Å². The molecule has 0 aromatic rings. The van der Waals surface area contributed by atoms with Crippen molar-refractivity contribution in [2.45, 2.75) is 38.1 Å². The first-order valence-corrected chi connectivity index (χ1v) is 7.00. The summed E-state index contributed by atoms with van der Waals surface area (Å²) in [5.74, 6) is -0.806. The SMILES string of the molecule is CC1(NC(=O)N2CCCN(CC(=O)O)CC2)CCC1. The Morgan fingerprint density at radius 3 is 2.47 bits per heavy atom. The largest absolute Gasteiger partial charge is 0.480 e. The van der Waals surface area contributed by atoms with Gasteiger partial charge in [0.05, 0.1) is 6.54 Å². The molecule has 0 spiro atoms. The Balaban J connectivity index is 1.81. The highest BCUT2D eigenvalue weighted by Crippen LogP contribution is 2.31. The zero-order valence-electron chi connectivity index (χ0n) is 11.5. The van der Waals surface area contributed by atoms with Gasteiger partial charge in [-0.05, 0) is 32.6 Å². The summed E-state index contributed by atoms with van der Waals surface area (Å²) in [5.41, 5.74) is -0.0237. The Morgan fingerprint density at radius 1 is 1.16 bits per heavy atom. The first-order chi connectivity index (χ1) is 8.98. The number of carbonyl (C=O) groups excluding carboxylic acids is 1. The summed E-state index contributed by atoms with van der Waals surface area (Å²) in [6.45, 7) is 4.84.